The summed E-state index contributed by atoms with van der Waals surface area (Å²) < 4.78 is 42.3. The van der Waals surface area contributed by atoms with Crippen LogP contribution >= 0.6 is 11.3 Å². The minimum Gasteiger partial charge on any atom is -0.362 e. The molecule has 0 saturated heterocycles. The predicted octanol–water partition coefficient (Wildman–Crippen LogP) is 4.46. The van der Waals surface area contributed by atoms with Gasteiger partial charge in [-0.25, -0.2) is 4.98 Å². The Bertz CT molecular complexity index is 1080. The summed E-state index contributed by atoms with van der Waals surface area (Å²) in [5.41, 5.74) is -0.129. The van der Waals surface area contributed by atoms with Gasteiger partial charge in [0.15, 0.2) is 0 Å². The fourth-order valence-electron chi connectivity index (χ4n) is 3.85. The van der Waals surface area contributed by atoms with Crippen LogP contribution in [-0.4, -0.2) is 27.7 Å². The second kappa shape index (κ2) is 5.89. The molecular weight excluding hydrogens is 387 g/mol. The molecule has 0 amide bonds. The molecule has 0 spiro atoms. The fraction of sp³-hybridized carbons (Fsp3) is 0.200. The zero-order valence-electron chi connectivity index (χ0n) is 14.4. The van der Waals surface area contributed by atoms with Crippen LogP contribution in [0.15, 0.2) is 65.1 Å². The molecule has 1 N–H and O–H groups in total. The van der Waals surface area contributed by atoms with Crippen LogP contribution in [0, 0.1) is 5.92 Å². The normalized spacial score (nSPS) is 23.5. The number of aromatic nitrogens is 1. The standard InChI is InChI=1S/C20H14F3N3OS/c21-20(22,23)19(27)15-10-13-8-4-5-9-14(13)17(15)25-26(19)18-24-16(11-28-18)12-6-2-1-3-7-12/h1-9,11,15,27H,10H2/t15-,19+/m0/s1. The van der Waals surface area contributed by atoms with Crippen LogP contribution in [0.2, 0.25) is 0 Å². The van der Waals surface area contributed by atoms with E-state index in [2.05, 4.69) is 10.1 Å². The van der Waals surface area contributed by atoms with E-state index in [0.29, 0.717) is 16.3 Å². The van der Waals surface area contributed by atoms with Gasteiger partial charge in [-0.15, -0.1) is 11.3 Å². The van der Waals surface area contributed by atoms with E-state index in [-0.39, 0.29) is 17.3 Å². The number of anilines is 1. The van der Waals surface area contributed by atoms with Gasteiger partial charge in [0.2, 0.25) is 5.13 Å². The summed E-state index contributed by atoms with van der Waals surface area (Å²) in [6, 6.07) is 16.2. The molecular formula is C20H14F3N3OS. The van der Waals surface area contributed by atoms with Crippen LogP contribution in [0.3, 0.4) is 0 Å². The van der Waals surface area contributed by atoms with E-state index in [1.54, 1.807) is 29.6 Å². The van der Waals surface area contributed by atoms with Crippen molar-refractivity contribution < 1.29 is 18.3 Å². The molecule has 2 aliphatic rings. The van der Waals surface area contributed by atoms with E-state index in [1.165, 1.54) is 0 Å². The Hall–Kier alpha value is -2.71. The number of aliphatic hydroxyl groups is 1. The van der Waals surface area contributed by atoms with Crippen LogP contribution in [0.5, 0.6) is 0 Å². The number of thiazole rings is 1. The minimum absolute atomic E-state index is 0.0121. The Labute approximate surface area is 162 Å². The van der Waals surface area contributed by atoms with Crippen LogP contribution < -0.4 is 5.01 Å². The van der Waals surface area contributed by atoms with Crippen molar-refractivity contribution in [3.63, 3.8) is 0 Å². The number of hydrogen-bond donors (Lipinski definition) is 1. The van der Waals surface area contributed by atoms with Crippen molar-refractivity contribution in [2.75, 3.05) is 5.01 Å². The highest BCUT2D eigenvalue weighted by Gasteiger charge is 2.69. The third-order valence-electron chi connectivity index (χ3n) is 5.22. The van der Waals surface area contributed by atoms with E-state index >= 15 is 0 Å². The monoisotopic (exact) mass is 401 g/mol. The first-order valence-electron chi connectivity index (χ1n) is 8.66. The van der Waals surface area contributed by atoms with Crippen molar-refractivity contribution in [2.24, 2.45) is 11.0 Å². The second-order valence-corrected chi connectivity index (χ2v) is 7.65. The lowest BCUT2D eigenvalue weighted by atomic mass is 9.91. The van der Waals surface area contributed by atoms with E-state index in [9.17, 15) is 18.3 Å². The molecule has 1 aliphatic heterocycles. The summed E-state index contributed by atoms with van der Waals surface area (Å²) in [4.78, 5) is 4.33. The highest BCUT2D eigenvalue weighted by atomic mass is 32.1. The summed E-state index contributed by atoms with van der Waals surface area (Å²) >= 11 is 1.03. The average Bonchev–Trinajstić information content (AvgIpc) is 3.36. The highest BCUT2D eigenvalue weighted by Crippen LogP contribution is 2.51. The average molecular weight is 401 g/mol. The van der Waals surface area contributed by atoms with E-state index in [4.69, 9.17) is 0 Å². The number of fused-ring (bicyclic) bond motifs is 3. The molecule has 28 heavy (non-hydrogen) atoms. The zero-order chi connectivity index (χ0) is 19.5. The number of alkyl halides is 3. The molecule has 5 rings (SSSR count). The summed E-state index contributed by atoms with van der Waals surface area (Å²) in [6.45, 7) is 0. The van der Waals surface area contributed by atoms with Gasteiger partial charge in [0.25, 0.3) is 5.72 Å². The summed E-state index contributed by atoms with van der Waals surface area (Å²) in [5, 5.41) is 17.5. The first kappa shape index (κ1) is 17.4. The van der Waals surface area contributed by atoms with Crippen molar-refractivity contribution in [1.29, 1.82) is 0 Å². The maximum absolute atomic E-state index is 14.1. The van der Waals surface area contributed by atoms with Crippen LogP contribution in [-0.2, 0) is 6.42 Å². The Balaban J connectivity index is 1.62. The van der Waals surface area contributed by atoms with Crippen molar-refractivity contribution >= 4 is 22.2 Å². The summed E-state index contributed by atoms with van der Waals surface area (Å²) in [5.74, 6) is -1.19. The minimum atomic E-state index is -4.90. The molecule has 142 valence electrons. The smallest absolute Gasteiger partial charge is 0.362 e. The molecule has 0 bridgehead atoms. The largest absolute Gasteiger partial charge is 0.439 e. The van der Waals surface area contributed by atoms with Gasteiger partial charge in [0, 0.05) is 16.5 Å². The SMILES string of the molecule is O[C@@]1(C(F)(F)F)[C@H]2Cc3ccccc3C2=NN1c1nc(-c2ccccc2)cs1. The highest BCUT2D eigenvalue weighted by molar-refractivity contribution is 7.14. The van der Waals surface area contributed by atoms with Gasteiger partial charge in [-0.2, -0.15) is 23.3 Å². The maximum Gasteiger partial charge on any atom is 0.439 e. The fourth-order valence-corrected chi connectivity index (χ4v) is 4.69. The number of nitrogens with zero attached hydrogens (tertiary/aromatic N) is 3. The quantitative estimate of drug-likeness (QED) is 0.690. The number of rotatable bonds is 2. The Morgan fingerprint density at radius 1 is 1.07 bits per heavy atom. The van der Waals surface area contributed by atoms with Gasteiger partial charge in [-0.3, -0.25) is 0 Å². The summed E-state index contributed by atoms with van der Waals surface area (Å²) in [7, 11) is 0. The Morgan fingerprint density at radius 3 is 2.54 bits per heavy atom. The molecule has 2 aromatic carbocycles. The number of hydrogen-bond acceptors (Lipinski definition) is 5. The van der Waals surface area contributed by atoms with Gasteiger partial charge in [0.1, 0.15) is 0 Å². The van der Waals surface area contributed by atoms with Gasteiger partial charge in [-0.1, -0.05) is 54.6 Å². The van der Waals surface area contributed by atoms with E-state index in [0.717, 1.165) is 22.5 Å². The van der Waals surface area contributed by atoms with Crippen LogP contribution in [0.4, 0.5) is 18.3 Å². The molecule has 4 nitrogen and oxygen atoms in total. The third-order valence-corrected chi connectivity index (χ3v) is 6.04. The zero-order valence-corrected chi connectivity index (χ0v) is 15.2. The van der Waals surface area contributed by atoms with Crippen molar-refractivity contribution in [1.82, 2.24) is 4.98 Å². The molecule has 0 unspecified atom stereocenters. The lowest BCUT2D eigenvalue weighted by Gasteiger charge is -2.36. The first-order valence-corrected chi connectivity index (χ1v) is 9.54. The maximum atomic E-state index is 14.1. The van der Waals surface area contributed by atoms with Crippen LogP contribution in [0.25, 0.3) is 11.3 Å². The van der Waals surface area contributed by atoms with Crippen LogP contribution in [0.1, 0.15) is 11.1 Å². The molecule has 0 fully saturated rings. The number of benzene rings is 2. The molecule has 2 heterocycles. The molecule has 0 radical (unpaired) electrons. The molecule has 0 saturated carbocycles. The first-order chi connectivity index (χ1) is 13.4. The molecule has 3 aromatic rings. The topological polar surface area (TPSA) is 48.7 Å². The molecule has 8 heteroatoms. The van der Waals surface area contributed by atoms with Gasteiger partial charge in [-0.05, 0) is 12.0 Å². The number of hydrazone groups is 1. The van der Waals surface area contributed by atoms with E-state index < -0.39 is 17.8 Å². The molecule has 1 aromatic heterocycles. The summed E-state index contributed by atoms with van der Waals surface area (Å²) in [6.07, 6.45) is -4.82. The Morgan fingerprint density at radius 2 is 1.79 bits per heavy atom. The predicted molar refractivity (Wildman–Crippen MR) is 101 cm³/mol. The van der Waals surface area contributed by atoms with Gasteiger partial charge >= 0.3 is 6.18 Å². The molecule has 2 atom stereocenters. The lowest BCUT2D eigenvalue weighted by Crippen LogP contribution is -2.60. The van der Waals surface area contributed by atoms with Gasteiger partial charge in [0.05, 0.1) is 17.3 Å². The second-order valence-electron chi connectivity index (χ2n) is 6.82. The van der Waals surface area contributed by atoms with Crippen molar-refractivity contribution in [3.8, 4) is 11.3 Å². The Kier molecular flexibility index (Phi) is 3.66. The van der Waals surface area contributed by atoms with E-state index in [1.807, 2.05) is 30.3 Å². The van der Waals surface area contributed by atoms with Gasteiger partial charge < -0.3 is 5.11 Å². The number of halogens is 3. The van der Waals surface area contributed by atoms with Crippen molar-refractivity contribution in [3.05, 3.63) is 71.1 Å². The molecule has 1 aliphatic carbocycles. The van der Waals surface area contributed by atoms with Crippen molar-refractivity contribution in [2.45, 2.75) is 18.3 Å². The third kappa shape index (κ3) is 2.34. The lowest BCUT2D eigenvalue weighted by molar-refractivity contribution is -0.267.